The van der Waals surface area contributed by atoms with Crippen molar-refractivity contribution < 1.29 is 14.0 Å². The van der Waals surface area contributed by atoms with Crippen LogP contribution in [0.2, 0.25) is 5.02 Å². The second kappa shape index (κ2) is 10.6. The third kappa shape index (κ3) is 6.05. The van der Waals surface area contributed by atoms with Crippen molar-refractivity contribution in [1.29, 1.82) is 0 Å². The van der Waals surface area contributed by atoms with E-state index in [9.17, 15) is 14.0 Å². The Morgan fingerprint density at radius 3 is 2.43 bits per heavy atom. The Balaban J connectivity index is 1.76. The van der Waals surface area contributed by atoms with Gasteiger partial charge in [-0.05, 0) is 49.1 Å². The third-order valence-corrected chi connectivity index (χ3v) is 6.05. The zero-order valence-corrected chi connectivity index (χ0v) is 18.0. The lowest BCUT2D eigenvalue weighted by atomic mass is 9.95. The van der Waals surface area contributed by atoms with E-state index in [1.54, 1.807) is 30.0 Å². The van der Waals surface area contributed by atoms with Gasteiger partial charge in [-0.2, -0.15) is 0 Å². The van der Waals surface area contributed by atoms with Crippen molar-refractivity contribution >= 4 is 23.4 Å². The monoisotopic (exact) mass is 430 g/mol. The molecule has 160 valence electrons. The van der Waals surface area contributed by atoms with E-state index in [0.717, 1.165) is 31.2 Å². The summed E-state index contributed by atoms with van der Waals surface area (Å²) in [7, 11) is 0. The maximum absolute atomic E-state index is 13.3. The van der Waals surface area contributed by atoms with Gasteiger partial charge in [0.25, 0.3) is 0 Å². The molecular weight excluding hydrogens is 403 g/mol. The maximum atomic E-state index is 13.3. The molecule has 1 aliphatic carbocycles. The molecule has 3 rings (SSSR count). The van der Waals surface area contributed by atoms with Crippen LogP contribution < -0.4 is 5.32 Å². The lowest BCUT2D eigenvalue weighted by Crippen LogP contribution is -2.50. The number of carbonyl (C=O) groups is 2. The topological polar surface area (TPSA) is 49.4 Å². The van der Waals surface area contributed by atoms with E-state index in [0.29, 0.717) is 10.6 Å². The van der Waals surface area contributed by atoms with Gasteiger partial charge in [-0.1, -0.05) is 61.2 Å². The van der Waals surface area contributed by atoms with E-state index >= 15 is 0 Å². The van der Waals surface area contributed by atoms with Crippen LogP contribution in [0.4, 0.5) is 4.39 Å². The fraction of sp³-hybridized carbons (Fsp3) is 0.417. The summed E-state index contributed by atoms with van der Waals surface area (Å²) in [5.41, 5.74) is 1.48. The normalized spacial score (nSPS) is 15.4. The molecule has 0 heterocycles. The van der Waals surface area contributed by atoms with Crippen LogP contribution in [0.25, 0.3) is 0 Å². The molecule has 2 aromatic rings. The Morgan fingerprint density at radius 2 is 1.77 bits per heavy atom. The van der Waals surface area contributed by atoms with E-state index in [4.69, 9.17) is 11.6 Å². The minimum atomic E-state index is -0.646. The first-order valence-corrected chi connectivity index (χ1v) is 10.9. The zero-order chi connectivity index (χ0) is 21.5. The van der Waals surface area contributed by atoms with Crippen molar-refractivity contribution in [3.63, 3.8) is 0 Å². The number of carbonyl (C=O) groups excluding carboxylic acids is 2. The fourth-order valence-electron chi connectivity index (χ4n) is 3.84. The van der Waals surface area contributed by atoms with Gasteiger partial charge < -0.3 is 10.2 Å². The van der Waals surface area contributed by atoms with Gasteiger partial charge in [0.2, 0.25) is 11.8 Å². The second-order valence-electron chi connectivity index (χ2n) is 7.94. The molecule has 0 aromatic heterocycles. The molecule has 0 saturated heterocycles. The Bertz CT molecular complexity index is 866. The van der Waals surface area contributed by atoms with Gasteiger partial charge in [-0.15, -0.1) is 0 Å². The Hall–Kier alpha value is -2.40. The Labute approximate surface area is 182 Å². The SMILES string of the molecule is C[C@H](C(=O)NC1CCCCC1)N(Cc1ccc(F)cc1)C(=O)Cc1ccccc1Cl. The summed E-state index contributed by atoms with van der Waals surface area (Å²) in [4.78, 5) is 27.7. The van der Waals surface area contributed by atoms with Crippen molar-refractivity contribution in [2.45, 2.75) is 64.1 Å². The van der Waals surface area contributed by atoms with E-state index in [1.807, 2.05) is 18.2 Å². The predicted molar refractivity (Wildman–Crippen MR) is 117 cm³/mol. The van der Waals surface area contributed by atoms with Crippen LogP contribution in [-0.2, 0) is 22.6 Å². The number of amides is 2. The molecule has 0 unspecified atom stereocenters. The Morgan fingerprint density at radius 1 is 1.10 bits per heavy atom. The summed E-state index contributed by atoms with van der Waals surface area (Å²) < 4.78 is 13.3. The Kier molecular flexibility index (Phi) is 7.86. The number of hydrogen-bond acceptors (Lipinski definition) is 2. The van der Waals surface area contributed by atoms with Gasteiger partial charge in [-0.3, -0.25) is 9.59 Å². The van der Waals surface area contributed by atoms with Crippen molar-refractivity contribution in [3.05, 3.63) is 70.5 Å². The fourth-order valence-corrected chi connectivity index (χ4v) is 4.05. The summed E-state index contributed by atoms with van der Waals surface area (Å²) in [5.74, 6) is -0.689. The summed E-state index contributed by atoms with van der Waals surface area (Å²) in [5, 5.41) is 3.63. The third-order valence-electron chi connectivity index (χ3n) is 5.68. The molecule has 0 bridgehead atoms. The van der Waals surface area contributed by atoms with Gasteiger partial charge in [0.05, 0.1) is 6.42 Å². The minimum absolute atomic E-state index is 0.0991. The highest BCUT2D eigenvalue weighted by molar-refractivity contribution is 6.31. The maximum Gasteiger partial charge on any atom is 0.242 e. The van der Waals surface area contributed by atoms with Crippen LogP contribution in [0.15, 0.2) is 48.5 Å². The van der Waals surface area contributed by atoms with Gasteiger partial charge >= 0.3 is 0 Å². The molecule has 2 aromatic carbocycles. The number of rotatable bonds is 7. The molecule has 0 spiro atoms. The molecule has 0 radical (unpaired) electrons. The number of nitrogens with zero attached hydrogens (tertiary/aromatic N) is 1. The summed E-state index contributed by atoms with van der Waals surface area (Å²) in [6.07, 6.45) is 5.49. The first kappa shape index (κ1) is 22.3. The van der Waals surface area contributed by atoms with Crippen LogP contribution in [0, 0.1) is 5.82 Å². The highest BCUT2D eigenvalue weighted by Gasteiger charge is 2.28. The van der Waals surface area contributed by atoms with Crippen molar-refractivity contribution in [1.82, 2.24) is 10.2 Å². The molecule has 1 saturated carbocycles. The minimum Gasteiger partial charge on any atom is -0.352 e. The summed E-state index contributed by atoms with van der Waals surface area (Å²) in [6.45, 7) is 1.97. The molecule has 30 heavy (non-hydrogen) atoms. The van der Waals surface area contributed by atoms with Gasteiger partial charge in [0, 0.05) is 17.6 Å². The second-order valence-corrected chi connectivity index (χ2v) is 8.34. The molecule has 1 fully saturated rings. The van der Waals surface area contributed by atoms with E-state index in [2.05, 4.69) is 5.32 Å². The van der Waals surface area contributed by atoms with Crippen molar-refractivity contribution in [2.24, 2.45) is 0 Å². The number of benzene rings is 2. The molecule has 1 atom stereocenters. The van der Waals surface area contributed by atoms with Crippen molar-refractivity contribution in [2.75, 3.05) is 0 Å². The lowest BCUT2D eigenvalue weighted by molar-refractivity contribution is -0.140. The summed E-state index contributed by atoms with van der Waals surface area (Å²) in [6, 6.07) is 12.7. The highest BCUT2D eigenvalue weighted by atomic mass is 35.5. The van der Waals surface area contributed by atoms with Crippen LogP contribution >= 0.6 is 11.6 Å². The molecule has 1 N–H and O–H groups in total. The zero-order valence-electron chi connectivity index (χ0n) is 17.2. The molecular formula is C24H28ClFN2O2. The highest BCUT2D eigenvalue weighted by Crippen LogP contribution is 2.20. The number of nitrogens with one attached hydrogen (secondary N) is 1. The smallest absolute Gasteiger partial charge is 0.242 e. The molecule has 4 nitrogen and oxygen atoms in total. The number of hydrogen-bond donors (Lipinski definition) is 1. The molecule has 6 heteroatoms. The van der Waals surface area contributed by atoms with E-state index in [1.165, 1.54) is 18.6 Å². The molecule has 0 aliphatic heterocycles. The van der Waals surface area contributed by atoms with Crippen molar-refractivity contribution in [3.8, 4) is 0 Å². The lowest BCUT2D eigenvalue weighted by Gasteiger charge is -2.31. The van der Waals surface area contributed by atoms with Gasteiger partial charge in [0.15, 0.2) is 0 Å². The largest absolute Gasteiger partial charge is 0.352 e. The van der Waals surface area contributed by atoms with Crippen LogP contribution in [0.5, 0.6) is 0 Å². The summed E-state index contributed by atoms with van der Waals surface area (Å²) >= 11 is 6.23. The van der Waals surface area contributed by atoms with Gasteiger partial charge in [-0.25, -0.2) is 4.39 Å². The standard InChI is InChI=1S/C24H28ClFN2O2/c1-17(24(30)27-21-8-3-2-4-9-21)28(16-18-11-13-20(26)14-12-18)23(29)15-19-7-5-6-10-22(19)25/h5-7,10-14,17,21H,2-4,8-9,15-16H2,1H3,(H,27,30)/t17-/m1/s1. The molecule has 2 amide bonds. The van der Waals surface area contributed by atoms with E-state index in [-0.39, 0.29) is 36.6 Å². The van der Waals surface area contributed by atoms with Crippen LogP contribution in [0.3, 0.4) is 0 Å². The average molecular weight is 431 g/mol. The quantitative estimate of drug-likeness (QED) is 0.680. The molecule has 1 aliphatic rings. The first-order chi connectivity index (χ1) is 14.4. The van der Waals surface area contributed by atoms with E-state index < -0.39 is 6.04 Å². The van der Waals surface area contributed by atoms with Crippen LogP contribution in [0.1, 0.15) is 50.2 Å². The first-order valence-electron chi connectivity index (χ1n) is 10.5. The van der Waals surface area contributed by atoms with Crippen LogP contribution in [-0.4, -0.2) is 28.8 Å². The predicted octanol–water partition coefficient (Wildman–Crippen LogP) is 4.89. The average Bonchev–Trinajstić information content (AvgIpc) is 2.75. The van der Waals surface area contributed by atoms with Gasteiger partial charge in [0.1, 0.15) is 11.9 Å². The number of halogens is 2.